The van der Waals surface area contributed by atoms with E-state index < -0.39 is 21.2 Å². The Morgan fingerprint density at radius 1 is 1.26 bits per heavy atom. The van der Waals surface area contributed by atoms with Crippen LogP contribution >= 0.6 is 0 Å². The fourth-order valence-electron chi connectivity index (χ4n) is 2.21. The van der Waals surface area contributed by atoms with E-state index in [0.717, 1.165) is 0 Å². The smallest absolute Gasteiger partial charge is 0.288 e. The molecular formula is C15H17N3O4S. The number of aromatic nitrogens is 1. The molecule has 1 unspecified atom stereocenters. The second-order valence-corrected chi connectivity index (χ2v) is 6.69. The first-order valence-electron chi connectivity index (χ1n) is 6.95. The molecule has 1 atom stereocenters. The largest absolute Gasteiger partial charge is 0.293 e. The van der Waals surface area contributed by atoms with Crippen molar-refractivity contribution in [3.63, 3.8) is 0 Å². The highest BCUT2D eigenvalue weighted by Crippen LogP contribution is 2.27. The predicted octanol–water partition coefficient (Wildman–Crippen LogP) is 2.09. The van der Waals surface area contributed by atoms with Gasteiger partial charge in [-0.25, -0.2) is 13.9 Å². The normalized spacial score (nSPS) is 12.4. The van der Waals surface area contributed by atoms with Crippen molar-refractivity contribution in [1.82, 2.24) is 10.5 Å². The Morgan fingerprint density at radius 2 is 1.96 bits per heavy atom. The number of benzene rings is 1. The molecule has 1 amide bonds. The molecule has 0 saturated carbocycles. The van der Waals surface area contributed by atoms with Crippen molar-refractivity contribution in [2.75, 3.05) is 4.72 Å². The highest BCUT2D eigenvalue weighted by Gasteiger charge is 2.25. The standard InChI is InChI=1S/C15H17N3O4S/c1-2-14(11-6-4-3-5-7-11)23(21,22)18-12-8-9-16-13(10-12)15(19)17-20/h3-10,14,20H,2H2,1H3,(H,16,18)(H,17,19). The van der Waals surface area contributed by atoms with Gasteiger partial charge in [-0.3, -0.25) is 19.7 Å². The third-order valence-corrected chi connectivity index (χ3v) is 5.15. The molecule has 0 bridgehead atoms. The van der Waals surface area contributed by atoms with Gasteiger partial charge in [-0.2, -0.15) is 0 Å². The zero-order chi connectivity index (χ0) is 16.9. The third-order valence-electron chi connectivity index (χ3n) is 3.27. The lowest BCUT2D eigenvalue weighted by molar-refractivity contribution is 0.0701. The monoisotopic (exact) mass is 335 g/mol. The van der Waals surface area contributed by atoms with Crippen molar-refractivity contribution in [1.29, 1.82) is 0 Å². The number of pyridine rings is 1. The molecule has 8 heteroatoms. The Kier molecular flexibility index (Phi) is 5.30. The summed E-state index contributed by atoms with van der Waals surface area (Å²) >= 11 is 0. The number of anilines is 1. The molecule has 0 aliphatic rings. The SMILES string of the molecule is CCC(c1ccccc1)S(=O)(=O)Nc1ccnc(C(=O)NO)c1. The first kappa shape index (κ1) is 16.9. The van der Waals surface area contributed by atoms with Gasteiger partial charge in [-0.05, 0) is 24.1 Å². The number of nitrogens with zero attached hydrogens (tertiary/aromatic N) is 1. The summed E-state index contributed by atoms with van der Waals surface area (Å²) < 4.78 is 27.7. The van der Waals surface area contributed by atoms with Crippen molar-refractivity contribution in [3.8, 4) is 0 Å². The zero-order valence-electron chi connectivity index (χ0n) is 12.4. The molecule has 2 rings (SSSR count). The second kappa shape index (κ2) is 7.21. The lowest BCUT2D eigenvalue weighted by Gasteiger charge is -2.18. The minimum atomic E-state index is -3.70. The molecular weight excluding hydrogens is 318 g/mol. The van der Waals surface area contributed by atoms with E-state index in [1.165, 1.54) is 23.8 Å². The summed E-state index contributed by atoms with van der Waals surface area (Å²) in [5, 5.41) is 7.89. The van der Waals surface area contributed by atoms with Crippen molar-refractivity contribution in [3.05, 3.63) is 59.9 Å². The molecule has 3 N–H and O–H groups in total. The van der Waals surface area contributed by atoms with Crippen LogP contribution < -0.4 is 10.2 Å². The quantitative estimate of drug-likeness (QED) is 0.553. The number of nitrogens with one attached hydrogen (secondary N) is 2. The number of sulfonamides is 1. The number of amides is 1. The van der Waals surface area contributed by atoms with E-state index in [4.69, 9.17) is 5.21 Å². The molecule has 0 fully saturated rings. The van der Waals surface area contributed by atoms with Crippen molar-refractivity contribution in [2.45, 2.75) is 18.6 Å². The average Bonchev–Trinajstić information content (AvgIpc) is 2.55. The lowest BCUT2D eigenvalue weighted by Crippen LogP contribution is -2.22. The summed E-state index contributed by atoms with van der Waals surface area (Å²) in [6.45, 7) is 1.79. The Hall–Kier alpha value is -2.45. The first-order chi connectivity index (χ1) is 11.0. The highest BCUT2D eigenvalue weighted by molar-refractivity contribution is 7.92. The summed E-state index contributed by atoms with van der Waals surface area (Å²) in [6.07, 6.45) is 1.68. The molecule has 0 spiro atoms. The molecule has 0 aliphatic carbocycles. The molecule has 0 radical (unpaired) electrons. The van der Waals surface area contributed by atoms with Crippen molar-refractivity contribution >= 4 is 21.6 Å². The molecule has 0 aliphatic heterocycles. The maximum atomic E-state index is 12.6. The number of rotatable bonds is 6. The Labute approximate surface area is 134 Å². The van der Waals surface area contributed by atoms with Gasteiger partial charge in [0.25, 0.3) is 5.91 Å². The average molecular weight is 335 g/mol. The second-order valence-electron chi connectivity index (χ2n) is 4.83. The van der Waals surface area contributed by atoms with Crippen LogP contribution in [0.15, 0.2) is 48.7 Å². The maximum absolute atomic E-state index is 12.6. The van der Waals surface area contributed by atoms with Gasteiger partial charge in [0.2, 0.25) is 10.0 Å². The van der Waals surface area contributed by atoms with Crippen LogP contribution in [-0.2, 0) is 10.0 Å². The van der Waals surface area contributed by atoms with Crippen LogP contribution in [0.25, 0.3) is 0 Å². The van der Waals surface area contributed by atoms with Crippen LogP contribution in [-0.4, -0.2) is 24.5 Å². The fraction of sp³-hybridized carbons (Fsp3) is 0.200. The minimum absolute atomic E-state index is 0.0968. The van der Waals surface area contributed by atoms with Crippen LogP contribution in [0.3, 0.4) is 0 Å². The van der Waals surface area contributed by atoms with Gasteiger partial charge < -0.3 is 0 Å². The van der Waals surface area contributed by atoms with E-state index in [9.17, 15) is 13.2 Å². The van der Waals surface area contributed by atoms with E-state index in [0.29, 0.717) is 12.0 Å². The molecule has 2 aromatic rings. The van der Waals surface area contributed by atoms with Gasteiger partial charge in [0.15, 0.2) is 0 Å². The Bertz CT molecular complexity index is 778. The number of hydroxylamine groups is 1. The van der Waals surface area contributed by atoms with Crippen LogP contribution in [0.2, 0.25) is 0 Å². The highest BCUT2D eigenvalue weighted by atomic mass is 32.2. The molecule has 1 heterocycles. The predicted molar refractivity (Wildman–Crippen MR) is 85.5 cm³/mol. The summed E-state index contributed by atoms with van der Waals surface area (Å²) in [7, 11) is -3.70. The lowest BCUT2D eigenvalue weighted by atomic mass is 10.1. The van der Waals surface area contributed by atoms with Crippen LogP contribution in [0.1, 0.15) is 34.6 Å². The molecule has 23 heavy (non-hydrogen) atoms. The molecule has 1 aromatic heterocycles. The van der Waals surface area contributed by atoms with Gasteiger partial charge in [0.05, 0.1) is 5.69 Å². The van der Waals surface area contributed by atoms with E-state index in [2.05, 4.69) is 9.71 Å². The van der Waals surface area contributed by atoms with E-state index in [1.54, 1.807) is 31.2 Å². The van der Waals surface area contributed by atoms with Gasteiger partial charge in [-0.15, -0.1) is 0 Å². The molecule has 7 nitrogen and oxygen atoms in total. The van der Waals surface area contributed by atoms with Crippen LogP contribution in [0, 0.1) is 0 Å². The van der Waals surface area contributed by atoms with Gasteiger partial charge >= 0.3 is 0 Å². The topological polar surface area (TPSA) is 108 Å². The van der Waals surface area contributed by atoms with E-state index in [1.807, 2.05) is 6.07 Å². The Balaban J connectivity index is 2.29. The van der Waals surface area contributed by atoms with Crippen LogP contribution in [0.5, 0.6) is 0 Å². The van der Waals surface area contributed by atoms with E-state index in [-0.39, 0.29) is 11.4 Å². The molecule has 122 valence electrons. The number of hydrogen-bond acceptors (Lipinski definition) is 5. The van der Waals surface area contributed by atoms with E-state index >= 15 is 0 Å². The van der Waals surface area contributed by atoms with Gasteiger partial charge in [0.1, 0.15) is 10.9 Å². The van der Waals surface area contributed by atoms with Gasteiger partial charge in [-0.1, -0.05) is 37.3 Å². The number of hydrogen-bond donors (Lipinski definition) is 3. The summed E-state index contributed by atoms with van der Waals surface area (Å²) in [5.74, 6) is -0.818. The van der Waals surface area contributed by atoms with Crippen LogP contribution in [0.4, 0.5) is 5.69 Å². The first-order valence-corrected chi connectivity index (χ1v) is 8.49. The van der Waals surface area contributed by atoms with Crippen molar-refractivity contribution in [2.24, 2.45) is 0 Å². The minimum Gasteiger partial charge on any atom is -0.288 e. The Morgan fingerprint density at radius 3 is 2.57 bits per heavy atom. The summed E-state index contributed by atoms with van der Waals surface area (Å²) in [6, 6.07) is 11.6. The number of carbonyl (C=O) groups excluding carboxylic acids is 1. The summed E-state index contributed by atoms with van der Waals surface area (Å²) in [4.78, 5) is 15.1. The number of carbonyl (C=O) groups is 1. The molecule has 1 aromatic carbocycles. The van der Waals surface area contributed by atoms with Crippen molar-refractivity contribution < 1.29 is 18.4 Å². The fourth-order valence-corrected chi connectivity index (χ4v) is 3.76. The third kappa shape index (κ3) is 4.05. The van der Waals surface area contributed by atoms with Gasteiger partial charge in [0, 0.05) is 6.20 Å². The maximum Gasteiger partial charge on any atom is 0.293 e. The molecule has 0 saturated heterocycles. The zero-order valence-corrected chi connectivity index (χ0v) is 13.2. The summed E-state index contributed by atoms with van der Waals surface area (Å²) in [5.41, 5.74) is 2.24.